The lowest BCUT2D eigenvalue weighted by atomic mass is 9.58. The third-order valence-corrected chi connectivity index (χ3v) is 5.52. The first-order chi connectivity index (χ1) is 9.14. The maximum Gasteiger partial charge on any atom is 0.185 e. The van der Waals surface area contributed by atoms with Gasteiger partial charge in [0.2, 0.25) is 0 Å². The summed E-state index contributed by atoms with van der Waals surface area (Å²) in [7, 11) is 3.13. The molecule has 4 nitrogen and oxygen atoms in total. The monoisotopic (exact) mass is 287 g/mol. The van der Waals surface area contributed by atoms with Crippen LogP contribution >= 0.6 is 0 Å². The van der Waals surface area contributed by atoms with Gasteiger partial charge in [0, 0.05) is 26.2 Å². The molecule has 4 heteroatoms. The Bertz CT molecular complexity index is 297. The number of nitrogens with two attached hydrogens (primary N) is 1. The molecule has 20 heavy (non-hydrogen) atoms. The van der Waals surface area contributed by atoms with Crippen LogP contribution in [0.5, 0.6) is 0 Å². The van der Waals surface area contributed by atoms with Gasteiger partial charge in [-0.05, 0) is 43.9 Å². The van der Waals surface area contributed by atoms with E-state index in [-0.39, 0.29) is 5.41 Å². The normalized spacial score (nSPS) is 31.4. The van der Waals surface area contributed by atoms with Crippen LogP contribution in [0.1, 0.15) is 53.4 Å². The molecule has 1 atom stereocenters. The highest BCUT2D eigenvalue weighted by molar-refractivity contribution is 5.02. The summed E-state index contributed by atoms with van der Waals surface area (Å²) in [6.45, 7) is 9.13. The van der Waals surface area contributed by atoms with E-state index in [1.165, 1.54) is 0 Å². The van der Waals surface area contributed by atoms with E-state index in [1.54, 1.807) is 21.1 Å². The van der Waals surface area contributed by atoms with Gasteiger partial charge in [-0.2, -0.15) is 0 Å². The quantitative estimate of drug-likeness (QED) is 0.763. The van der Waals surface area contributed by atoms with Gasteiger partial charge in [0.15, 0.2) is 6.29 Å². The summed E-state index contributed by atoms with van der Waals surface area (Å²) in [6.07, 6.45) is 3.38. The van der Waals surface area contributed by atoms with Gasteiger partial charge in [-0.1, -0.05) is 20.8 Å². The first-order valence-corrected chi connectivity index (χ1v) is 7.62. The molecule has 1 fully saturated rings. The Kier molecular flexibility index (Phi) is 5.64. The van der Waals surface area contributed by atoms with Crippen LogP contribution in [-0.2, 0) is 9.47 Å². The van der Waals surface area contributed by atoms with Gasteiger partial charge in [-0.25, -0.2) is 0 Å². The fourth-order valence-corrected chi connectivity index (χ4v) is 3.76. The Morgan fingerprint density at radius 1 is 1.15 bits per heavy atom. The minimum Gasteiger partial charge on any atom is -0.384 e. The van der Waals surface area contributed by atoms with Crippen molar-refractivity contribution in [3.63, 3.8) is 0 Å². The SMILES string of the molecule is COC(OC)C(C)(O)C1(CN)CCC(C(C)(C)C)CC1. The Balaban J connectivity index is 2.91. The molecule has 3 N–H and O–H groups in total. The van der Waals surface area contributed by atoms with Crippen molar-refractivity contribution >= 4 is 0 Å². The minimum absolute atomic E-state index is 0.314. The predicted octanol–water partition coefficient (Wildman–Crippen LogP) is 2.54. The summed E-state index contributed by atoms with van der Waals surface area (Å²) in [5.41, 5.74) is 4.97. The van der Waals surface area contributed by atoms with Gasteiger partial charge in [0.25, 0.3) is 0 Å². The van der Waals surface area contributed by atoms with Crippen LogP contribution in [0.15, 0.2) is 0 Å². The van der Waals surface area contributed by atoms with Crippen molar-refractivity contribution in [2.45, 2.75) is 65.3 Å². The van der Waals surface area contributed by atoms with E-state index in [9.17, 15) is 5.11 Å². The lowest BCUT2D eigenvalue weighted by Crippen LogP contribution is -2.60. The van der Waals surface area contributed by atoms with Gasteiger partial charge in [0.05, 0.1) is 0 Å². The predicted molar refractivity (Wildman–Crippen MR) is 81.3 cm³/mol. The fourth-order valence-electron chi connectivity index (χ4n) is 3.76. The highest BCUT2D eigenvalue weighted by Crippen LogP contribution is 2.51. The van der Waals surface area contributed by atoms with E-state index in [2.05, 4.69) is 20.8 Å². The van der Waals surface area contributed by atoms with E-state index in [4.69, 9.17) is 15.2 Å². The lowest BCUT2D eigenvalue weighted by molar-refractivity contribution is -0.257. The topological polar surface area (TPSA) is 64.7 Å². The highest BCUT2D eigenvalue weighted by atomic mass is 16.7. The molecule has 1 aliphatic rings. The van der Waals surface area contributed by atoms with Crippen molar-refractivity contribution in [1.29, 1.82) is 0 Å². The Hall–Kier alpha value is -0.160. The van der Waals surface area contributed by atoms with Crippen LogP contribution in [0, 0.1) is 16.7 Å². The molecule has 0 aromatic carbocycles. The average Bonchev–Trinajstić information content (AvgIpc) is 2.38. The van der Waals surface area contributed by atoms with Crippen molar-refractivity contribution in [2.75, 3.05) is 20.8 Å². The number of ether oxygens (including phenoxy) is 2. The van der Waals surface area contributed by atoms with Crippen LogP contribution in [0.25, 0.3) is 0 Å². The third kappa shape index (κ3) is 3.19. The number of rotatable bonds is 5. The zero-order valence-corrected chi connectivity index (χ0v) is 14.0. The van der Waals surface area contributed by atoms with E-state index in [0.29, 0.717) is 17.9 Å². The molecule has 0 amide bonds. The molecule has 0 aromatic heterocycles. The molecular weight excluding hydrogens is 254 g/mol. The molecule has 0 saturated heterocycles. The molecule has 0 radical (unpaired) electrons. The van der Waals surface area contributed by atoms with Crippen molar-refractivity contribution in [3.8, 4) is 0 Å². The van der Waals surface area contributed by atoms with Crippen LogP contribution in [0.2, 0.25) is 0 Å². The maximum atomic E-state index is 11.0. The molecule has 120 valence electrons. The third-order valence-electron chi connectivity index (χ3n) is 5.52. The summed E-state index contributed by atoms with van der Waals surface area (Å²) in [4.78, 5) is 0. The van der Waals surface area contributed by atoms with Crippen LogP contribution in [-0.4, -0.2) is 37.8 Å². The van der Waals surface area contributed by atoms with E-state index in [1.807, 2.05) is 0 Å². The molecule has 1 unspecified atom stereocenters. The zero-order chi connectivity index (χ0) is 15.6. The largest absolute Gasteiger partial charge is 0.384 e. The Morgan fingerprint density at radius 2 is 1.60 bits per heavy atom. The summed E-state index contributed by atoms with van der Waals surface area (Å²) in [5, 5.41) is 11.0. The summed E-state index contributed by atoms with van der Waals surface area (Å²) < 4.78 is 10.6. The lowest BCUT2D eigenvalue weighted by Gasteiger charge is -2.52. The van der Waals surface area contributed by atoms with Gasteiger partial charge in [0.1, 0.15) is 5.60 Å². The van der Waals surface area contributed by atoms with E-state index in [0.717, 1.165) is 25.7 Å². The van der Waals surface area contributed by atoms with Crippen molar-refractivity contribution in [3.05, 3.63) is 0 Å². The molecule has 1 aliphatic carbocycles. The molecule has 0 bridgehead atoms. The van der Waals surface area contributed by atoms with Gasteiger partial charge >= 0.3 is 0 Å². The molecule has 0 heterocycles. The van der Waals surface area contributed by atoms with Crippen molar-refractivity contribution in [1.82, 2.24) is 0 Å². The number of hydrogen-bond acceptors (Lipinski definition) is 4. The van der Waals surface area contributed by atoms with Crippen LogP contribution < -0.4 is 5.73 Å². The minimum atomic E-state index is -1.08. The number of hydrogen-bond donors (Lipinski definition) is 2. The van der Waals surface area contributed by atoms with Gasteiger partial charge in [-0.3, -0.25) is 0 Å². The first-order valence-electron chi connectivity index (χ1n) is 7.62. The second-order valence-corrected chi connectivity index (χ2v) is 7.58. The van der Waals surface area contributed by atoms with E-state index < -0.39 is 11.9 Å². The second kappa shape index (κ2) is 6.30. The molecule has 1 saturated carbocycles. The molecule has 0 aliphatic heterocycles. The fraction of sp³-hybridized carbons (Fsp3) is 1.00. The molecule has 0 spiro atoms. The van der Waals surface area contributed by atoms with Crippen molar-refractivity contribution in [2.24, 2.45) is 22.5 Å². The highest BCUT2D eigenvalue weighted by Gasteiger charge is 2.53. The first kappa shape index (κ1) is 17.9. The van der Waals surface area contributed by atoms with Crippen molar-refractivity contribution < 1.29 is 14.6 Å². The summed E-state index contributed by atoms with van der Waals surface area (Å²) >= 11 is 0. The van der Waals surface area contributed by atoms with Gasteiger partial charge in [-0.15, -0.1) is 0 Å². The Morgan fingerprint density at radius 3 is 1.90 bits per heavy atom. The van der Waals surface area contributed by atoms with Gasteiger partial charge < -0.3 is 20.3 Å². The van der Waals surface area contributed by atoms with Crippen LogP contribution in [0.4, 0.5) is 0 Å². The maximum absolute atomic E-state index is 11.0. The number of methoxy groups -OCH3 is 2. The average molecular weight is 287 g/mol. The van der Waals surface area contributed by atoms with Crippen LogP contribution in [0.3, 0.4) is 0 Å². The standard InChI is InChI=1S/C16H33NO3/c1-14(2,3)12-7-9-16(11-17,10-8-12)15(4,18)13(19-5)20-6/h12-13,18H,7-11,17H2,1-6H3. The second-order valence-electron chi connectivity index (χ2n) is 7.58. The zero-order valence-electron chi connectivity index (χ0n) is 14.0. The summed E-state index contributed by atoms with van der Waals surface area (Å²) in [5.74, 6) is 0.682. The Labute approximate surface area is 124 Å². The van der Waals surface area contributed by atoms with E-state index >= 15 is 0 Å². The molecule has 0 aromatic rings. The molecular formula is C16H33NO3. The molecule has 1 rings (SSSR count). The smallest absolute Gasteiger partial charge is 0.185 e. The number of aliphatic hydroxyl groups is 1. The summed E-state index contributed by atoms with van der Waals surface area (Å²) in [6, 6.07) is 0.